The summed E-state index contributed by atoms with van der Waals surface area (Å²) in [6, 6.07) is 6.63. The molecule has 0 spiro atoms. The number of benzene rings is 2. The average molecular weight is 300 g/mol. The molecule has 0 N–H and O–H groups in total. The van der Waals surface area contributed by atoms with E-state index in [1.807, 2.05) is 0 Å². The molecule has 6 heteroatoms. The Balaban J connectivity index is 2.57. The summed E-state index contributed by atoms with van der Waals surface area (Å²) in [5.74, 6) is -2.74. The van der Waals surface area contributed by atoms with Gasteiger partial charge in [-0.05, 0) is 35.4 Å². The SMILES string of the molecule is C=Cc1ccc(OC(F)(F)F)c(-c2ccc(F)c(F)c2)c1. The number of halogens is 5. The molecule has 0 bridgehead atoms. The van der Waals surface area contributed by atoms with Crippen LogP contribution < -0.4 is 4.74 Å². The first-order valence-electron chi connectivity index (χ1n) is 5.78. The molecule has 0 radical (unpaired) electrons. The molecule has 1 nitrogen and oxygen atoms in total. The van der Waals surface area contributed by atoms with E-state index in [0.29, 0.717) is 5.56 Å². The van der Waals surface area contributed by atoms with Crippen molar-refractivity contribution < 1.29 is 26.7 Å². The van der Waals surface area contributed by atoms with E-state index in [9.17, 15) is 22.0 Å². The first-order valence-corrected chi connectivity index (χ1v) is 5.78. The normalized spacial score (nSPS) is 11.3. The molecular formula is C15H9F5O. The second-order valence-electron chi connectivity index (χ2n) is 4.14. The summed E-state index contributed by atoms with van der Waals surface area (Å²) >= 11 is 0. The summed E-state index contributed by atoms with van der Waals surface area (Å²) in [5, 5.41) is 0. The van der Waals surface area contributed by atoms with Gasteiger partial charge in [0.15, 0.2) is 11.6 Å². The minimum absolute atomic E-state index is 0.0105. The van der Waals surface area contributed by atoms with E-state index < -0.39 is 23.7 Å². The smallest absolute Gasteiger partial charge is 0.405 e. The highest BCUT2D eigenvalue weighted by Gasteiger charge is 2.32. The van der Waals surface area contributed by atoms with Crippen LogP contribution in [0.15, 0.2) is 43.0 Å². The molecule has 0 amide bonds. The Kier molecular flexibility index (Phi) is 3.97. The quantitative estimate of drug-likeness (QED) is 0.710. The van der Waals surface area contributed by atoms with Crippen molar-refractivity contribution in [2.75, 3.05) is 0 Å². The van der Waals surface area contributed by atoms with Crippen LogP contribution in [0.4, 0.5) is 22.0 Å². The molecule has 0 heterocycles. The van der Waals surface area contributed by atoms with Gasteiger partial charge in [-0.3, -0.25) is 0 Å². The van der Waals surface area contributed by atoms with Gasteiger partial charge >= 0.3 is 6.36 Å². The van der Waals surface area contributed by atoms with Gasteiger partial charge in [-0.2, -0.15) is 0 Å². The molecule has 2 rings (SSSR count). The Hall–Kier alpha value is -2.37. The van der Waals surface area contributed by atoms with E-state index in [1.54, 1.807) is 0 Å². The third-order valence-corrected chi connectivity index (χ3v) is 2.70. The largest absolute Gasteiger partial charge is 0.573 e. The van der Waals surface area contributed by atoms with E-state index in [4.69, 9.17) is 0 Å². The summed E-state index contributed by atoms with van der Waals surface area (Å²) in [4.78, 5) is 0. The van der Waals surface area contributed by atoms with Gasteiger partial charge in [0.1, 0.15) is 5.75 Å². The van der Waals surface area contributed by atoms with Crippen molar-refractivity contribution in [2.45, 2.75) is 6.36 Å². The number of hydrogen-bond acceptors (Lipinski definition) is 1. The predicted molar refractivity (Wildman–Crippen MR) is 68.6 cm³/mol. The summed E-state index contributed by atoms with van der Waals surface area (Å²) in [6.07, 6.45) is -3.47. The van der Waals surface area contributed by atoms with Crippen molar-refractivity contribution in [3.63, 3.8) is 0 Å². The van der Waals surface area contributed by atoms with Crippen molar-refractivity contribution in [3.05, 3.63) is 60.2 Å². The maximum atomic E-state index is 13.3. The molecule has 0 aliphatic carbocycles. The van der Waals surface area contributed by atoms with Crippen LogP contribution in [0, 0.1) is 11.6 Å². The van der Waals surface area contributed by atoms with Crippen LogP contribution in [-0.4, -0.2) is 6.36 Å². The zero-order chi connectivity index (χ0) is 15.6. The maximum absolute atomic E-state index is 13.3. The minimum Gasteiger partial charge on any atom is -0.405 e. The standard InChI is InChI=1S/C15H9F5O/c1-2-9-3-6-14(21-15(18,19)20)11(7-9)10-4-5-12(16)13(17)8-10/h2-8H,1H2. The van der Waals surface area contributed by atoms with Gasteiger partial charge in [-0.15, -0.1) is 13.2 Å². The molecule has 0 atom stereocenters. The molecule has 0 fully saturated rings. The van der Waals surface area contributed by atoms with Gasteiger partial charge in [-0.25, -0.2) is 8.78 Å². The molecule has 0 aromatic heterocycles. The monoisotopic (exact) mass is 300 g/mol. The van der Waals surface area contributed by atoms with E-state index in [2.05, 4.69) is 11.3 Å². The van der Waals surface area contributed by atoms with E-state index in [-0.39, 0.29) is 11.1 Å². The lowest BCUT2D eigenvalue weighted by molar-refractivity contribution is -0.274. The summed E-state index contributed by atoms with van der Waals surface area (Å²) in [5.41, 5.74) is 0.574. The lowest BCUT2D eigenvalue weighted by Gasteiger charge is -2.14. The third kappa shape index (κ3) is 3.59. The number of hydrogen-bond donors (Lipinski definition) is 0. The van der Waals surface area contributed by atoms with Gasteiger partial charge in [-0.1, -0.05) is 24.8 Å². The van der Waals surface area contributed by atoms with Crippen LogP contribution in [0.2, 0.25) is 0 Å². The Morgan fingerprint density at radius 1 is 0.952 bits per heavy atom. The fourth-order valence-electron chi connectivity index (χ4n) is 1.78. The average Bonchev–Trinajstić information content (AvgIpc) is 2.41. The molecule has 110 valence electrons. The lowest BCUT2D eigenvalue weighted by Crippen LogP contribution is -2.17. The van der Waals surface area contributed by atoms with Crippen molar-refractivity contribution in [1.82, 2.24) is 0 Å². The van der Waals surface area contributed by atoms with Gasteiger partial charge in [0.2, 0.25) is 0 Å². The molecule has 2 aromatic carbocycles. The zero-order valence-electron chi connectivity index (χ0n) is 10.5. The van der Waals surface area contributed by atoms with Gasteiger partial charge in [0.25, 0.3) is 0 Å². The fraction of sp³-hybridized carbons (Fsp3) is 0.0667. The first kappa shape index (κ1) is 15.0. The molecule has 0 unspecified atom stereocenters. The van der Waals surface area contributed by atoms with Crippen molar-refractivity contribution in [3.8, 4) is 16.9 Å². The van der Waals surface area contributed by atoms with Gasteiger partial charge < -0.3 is 4.74 Å². The molecule has 0 saturated heterocycles. The molecular weight excluding hydrogens is 291 g/mol. The topological polar surface area (TPSA) is 9.23 Å². The van der Waals surface area contributed by atoms with Crippen LogP contribution in [0.25, 0.3) is 17.2 Å². The zero-order valence-corrected chi connectivity index (χ0v) is 10.5. The molecule has 2 aromatic rings. The molecule has 0 aliphatic rings. The second-order valence-corrected chi connectivity index (χ2v) is 4.14. The highest BCUT2D eigenvalue weighted by Crippen LogP contribution is 2.35. The van der Waals surface area contributed by atoms with E-state index in [0.717, 1.165) is 18.2 Å². The Bertz CT molecular complexity index is 676. The Morgan fingerprint density at radius 2 is 1.67 bits per heavy atom. The maximum Gasteiger partial charge on any atom is 0.573 e. The van der Waals surface area contributed by atoms with Crippen molar-refractivity contribution in [2.24, 2.45) is 0 Å². The van der Waals surface area contributed by atoms with Gasteiger partial charge in [0.05, 0.1) is 0 Å². The van der Waals surface area contributed by atoms with Crippen LogP contribution in [0.5, 0.6) is 5.75 Å². The summed E-state index contributed by atoms with van der Waals surface area (Å²) in [7, 11) is 0. The predicted octanol–water partition coefficient (Wildman–Crippen LogP) is 5.17. The van der Waals surface area contributed by atoms with Crippen molar-refractivity contribution in [1.29, 1.82) is 0 Å². The number of rotatable bonds is 3. The molecule has 0 saturated carbocycles. The van der Waals surface area contributed by atoms with Crippen LogP contribution in [-0.2, 0) is 0 Å². The summed E-state index contributed by atoms with van der Waals surface area (Å²) < 4.78 is 67.3. The Labute approximate surface area is 117 Å². The highest BCUT2D eigenvalue weighted by molar-refractivity contribution is 5.73. The van der Waals surface area contributed by atoms with Crippen LogP contribution >= 0.6 is 0 Å². The van der Waals surface area contributed by atoms with E-state index in [1.165, 1.54) is 24.3 Å². The summed E-state index contributed by atoms with van der Waals surface area (Å²) in [6.45, 7) is 3.50. The van der Waals surface area contributed by atoms with Gasteiger partial charge in [0, 0.05) is 5.56 Å². The highest BCUT2D eigenvalue weighted by atomic mass is 19.4. The fourth-order valence-corrected chi connectivity index (χ4v) is 1.78. The van der Waals surface area contributed by atoms with Crippen LogP contribution in [0.1, 0.15) is 5.56 Å². The molecule has 21 heavy (non-hydrogen) atoms. The number of ether oxygens (including phenoxy) is 1. The third-order valence-electron chi connectivity index (χ3n) is 2.70. The minimum atomic E-state index is -4.89. The second kappa shape index (κ2) is 5.55. The number of alkyl halides is 3. The van der Waals surface area contributed by atoms with Crippen molar-refractivity contribution >= 4 is 6.08 Å². The molecule has 0 aliphatic heterocycles. The van der Waals surface area contributed by atoms with Crippen LogP contribution in [0.3, 0.4) is 0 Å². The van der Waals surface area contributed by atoms with E-state index >= 15 is 0 Å². The Morgan fingerprint density at radius 3 is 2.24 bits per heavy atom. The first-order chi connectivity index (χ1) is 9.80. The lowest BCUT2D eigenvalue weighted by atomic mass is 10.0.